The zero-order valence-corrected chi connectivity index (χ0v) is 12.9. The van der Waals surface area contributed by atoms with E-state index in [0.717, 1.165) is 4.47 Å². The molecule has 3 N–H and O–H groups in total. The van der Waals surface area contributed by atoms with Crippen molar-refractivity contribution in [1.29, 1.82) is 0 Å². The number of nitrogens with one attached hydrogen (secondary N) is 2. The highest BCUT2D eigenvalue weighted by atomic mass is 79.9. The molecule has 20 heavy (non-hydrogen) atoms. The van der Waals surface area contributed by atoms with E-state index >= 15 is 0 Å². The Labute approximate surface area is 125 Å². The Kier molecular flexibility index (Phi) is 6.30. The van der Waals surface area contributed by atoms with E-state index in [9.17, 15) is 9.59 Å². The fraction of sp³-hybridized carbons (Fsp3) is 0.385. The van der Waals surface area contributed by atoms with Gasteiger partial charge in [-0.2, -0.15) is 0 Å². The zero-order chi connectivity index (χ0) is 15.1. The summed E-state index contributed by atoms with van der Waals surface area (Å²) in [6, 6.07) is 3.60. The summed E-state index contributed by atoms with van der Waals surface area (Å²) in [5.41, 5.74) is 0.517. The molecule has 1 atom stereocenters. The average Bonchev–Trinajstić information content (AvgIpc) is 2.40. The van der Waals surface area contributed by atoms with Crippen LogP contribution in [0.2, 0.25) is 0 Å². The first kappa shape index (κ1) is 16.3. The fourth-order valence-corrected chi connectivity index (χ4v) is 2.02. The number of anilines is 1. The molecule has 0 aliphatic rings. The monoisotopic (exact) mass is 344 g/mol. The number of amides is 2. The lowest BCUT2D eigenvalue weighted by Crippen LogP contribution is -2.42. The van der Waals surface area contributed by atoms with Crippen molar-refractivity contribution in [1.82, 2.24) is 5.32 Å². The molecule has 6 nitrogen and oxygen atoms in total. The molecule has 0 unspecified atom stereocenters. The van der Waals surface area contributed by atoms with Crippen LogP contribution in [0, 0.1) is 0 Å². The molecule has 0 radical (unpaired) electrons. The highest BCUT2D eigenvalue weighted by Gasteiger charge is 2.18. The van der Waals surface area contributed by atoms with Crippen molar-refractivity contribution in [2.75, 3.05) is 12.4 Å². The number of aliphatic carboxylic acids is 1. The van der Waals surface area contributed by atoms with Crippen LogP contribution in [0.15, 0.2) is 22.7 Å². The maximum atomic E-state index is 11.7. The van der Waals surface area contributed by atoms with Crippen LogP contribution in [0.25, 0.3) is 0 Å². The molecule has 1 rings (SSSR count). The summed E-state index contributed by atoms with van der Waals surface area (Å²) in [6.45, 7) is 1.86. The highest BCUT2D eigenvalue weighted by Crippen LogP contribution is 2.27. The first-order chi connectivity index (χ1) is 9.47. The Hall–Kier alpha value is -1.76. The molecule has 0 bridgehead atoms. The number of urea groups is 1. The normalized spacial score (nSPS) is 11.6. The van der Waals surface area contributed by atoms with Crippen LogP contribution in [-0.2, 0) is 4.79 Å². The van der Waals surface area contributed by atoms with Gasteiger partial charge in [0, 0.05) is 11.8 Å². The minimum Gasteiger partial charge on any atom is -0.495 e. The summed E-state index contributed by atoms with van der Waals surface area (Å²) in [7, 11) is 1.52. The van der Waals surface area contributed by atoms with Crippen molar-refractivity contribution in [3.05, 3.63) is 22.7 Å². The number of rotatable bonds is 6. The lowest BCUT2D eigenvalue weighted by Gasteiger charge is -2.14. The van der Waals surface area contributed by atoms with Crippen molar-refractivity contribution in [3.63, 3.8) is 0 Å². The summed E-state index contributed by atoms with van der Waals surface area (Å²) in [5, 5.41) is 14.0. The van der Waals surface area contributed by atoms with Gasteiger partial charge in [-0.25, -0.2) is 9.59 Å². The molecule has 7 heteroatoms. The first-order valence-electron chi connectivity index (χ1n) is 6.11. The lowest BCUT2D eigenvalue weighted by atomic mass is 10.2. The van der Waals surface area contributed by atoms with Gasteiger partial charge < -0.3 is 20.5 Å². The Morgan fingerprint density at radius 3 is 2.70 bits per heavy atom. The Morgan fingerprint density at radius 1 is 1.45 bits per heavy atom. The molecule has 0 aromatic heterocycles. The number of benzene rings is 1. The Morgan fingerprint density at radius 2 is 2.15 bits per heavy atom. The van der Waals surface area contributed by atoms with Crippen LogP contribution in [-0.4, -0.2) is 30.3 Å². The van der Waals surface area contributed by atoms with Crippen LogP contribution in [0.3, 0.4) is 0 Å². The predicted octanol–water partition coefficient (Wildman–Crippen LogP) is 2.83. The van der Waals surface area contributed by atoms with Crippen LogP contribution in [0.5, 0.6) is 5.75 Å². The molecule has 1 aromatic rings. The number of carbonyl (C=O) groups excluding carboxylic acids is 1. The fourth-order valence-electron chi connectivity index (χ4n) is 1.61. The largest absolute Gasteiger partial charge is 0.495 e. The lowest BCUT2D eigenvalue weighted by molar-refractivity contribution is -0.139. The highest BCUT2D eigenvalue weighted by molar-refractivity contribution is 9.10. The van der Waals surface area contributed by atoms with E-state index in [-0.39, 0.29) is 0 Å². The van der Waals surface area contributed by atoms with Crippen molar-refractivity contribution in [3.8, 4) is 5.75 Å². The van der Waals surface area contributed by atoms with Gasteiger partial charge in [0.2, 0.25) is 0 Å². The molecule has 110 valence electrons. The summed E-state index contributed by atoms with van der Waals surface area (Å²) < 4.78 is 5.88. The molecule has 2 amide bonds. The number of hydrogen-bond donors (Lipinski definition) is 3. The van der Waals surface area contributed by atoms with Crippen molar-refractivity contribution < 1.29 is 19.4 Å². The molecule has 0 saturated carbocycles. The maximum absolute atomic E-state index is 11.7. The Bertz CT molecular complexity index is 493. The third kappa shape index (κ3) is 4.73. The van der Waals surface area contributed by atoms with E-state index in [1.165, 1.54) is 7.11 Å². The van der Waals surface area contributed by atoms with E-state index in [4.69, 9.17) is 9.84 Å². The summed E-state index contributed by atoms with van der Waals surface area (Å²) in [5.74, 6) is -0.471. The minimum absolute atomic E-state index is 0.381. The van der Waals surface area contributed by atoms with Gasteiger partial charge in [-0.15, -0.1) is 0 Å². The summed E-state index contributed by atoms with van der Waals surface area (Å²) in [6.07, 6.45) is 1.05. The summed E-state index contributed by atoms with van der Waals surface area (Å²) >= 11 is 3.31. The van der Waals surface area contributed by atoms with Gasteiger partial charge in [-0.1, -0.05) is 13.3 Å². The molecular weight excluding hydrogens is 328 g/mol. The summed E-state index contributed by atoms with van der Waals surface area (Å²) in [4.78, 5) is 22.7. The third-order valence-electron chi connectivity index (χ3n) is 2.59. The van der Waals surface area contributed by atoms with E-state index in [1.807, 2.05) is 6.92 Å². The molecule has 0 fully saturated rings. The van der Waals surface area contributed by atoms with Crippen LogP contribution >= 0.6 is 15.9 Å². The zero-order valence-electron chi connectivity index (χ0n) is 11.3. The van der Waals surface area contributed by atoms with Gasteiger partial charge >= 0.3 is 12.0 Å². The standard InChI is InChI=1S/C13H17BrN2O4/c1-3-4-10(12(17)18)16-13(19)15-8-5-6-9(14)11(7-8)20-2/h5-7,10H,3-4H2,1-2H3,(H,17,18)(H2,15,16,19)/t10-/m0/s1. The maximum Gasteiger partial charge on any atom is 0.326 e. The van der Waals surface area contributed by atoms with Crippen molar-refractivity contribution in [2.24, 2.45) is 0 Å². The number of ether oxygens (including phenoxy) is 1. The van der Waals surface area contributed by atoms with Gasteiger partial charge in [0.1, 0.15) is 11.8 Å². The van der Waals surface area contributed by atoms with Gasteiger partial charge in [0.05, 0.1) is 11.6 Å². The SMILES string of the molecule is CCC[C@H](NC(=O)Nc1ccc(Br)c(OC)c1)C(=O)O. The number of hydrogen-bond acceptors (Lipinski definition) is 3. The van der Waals surface area contributed by atoms with Gasteiger partial charge in [0.25, 0.3) is 0 Å². The number of carboxylic acid groups (broad SMARTS) is 1. The number of carbonyl (C=O) groups is 2. The number of methoxy groups -OCH3 is 1. The van der Waals surface area contributed by atoms with E-state index in [0.29, 0.717) is 24.3 Å². The quantitative estimate of drug-likeness (QED) is 0.740. The smallest absolute Gasteiger partial charge is 0.326 e. The molecule has 1 aromatic carbocycles. The Balaban J connectivity index is 2.68. The van der Waals surface area contributed by atoms with Crippen LogP contribution < -0.4 is 15.4 Å². The number of carboxylic acids is 1. The van der Waals surface area contributed by atoms with Crippen molar-refractivity contribution in [2.45, 2.75) is 25.8 Å². The molecule has 0 saturated heterocycles. The van der Waals surface area contributed by atoms with E-state index < -0.39 is 18.0 Å². The van der Waals surface area contributed by atoms with Gasteiger partial charge in [-0.05, 0) is 34.5 Å². The second kappa shape index (κ2) is 7.74. The van der Waals surface area contributed by atoms with Gasteiger partial charge in [0.15, 0.2) is 0 Å². The second-order valence-electron chi connectivity index (χ2n) is 4.13. The van der Waals surface area contributed by atoms with Crippen molar-refractivity contribution >= 4 is 33.6 Å². The molecule has 0 heterocycles. The van der Waals surface area contributed by atoms with Crippen LogP contribution in [0.1, 0.15) is 19.8 Å². The molecule has 0 aliphatic heterocycles. The number of halogens is 1. The van der Waals surface area contributed by atoms with E-state index in [1.54, 1.807) is 18.2 Å². The molecule has 0 spiro atoms. The topological polar surface area (TPSA) is 87.7 Å². The molecule has 0 aliphatic carbocycles. The van der Waals surface area contributed by atoms with Crippen LogP contribution in [0.4, 0.5) is 10.5 Å². The third-order valence-corrected chi connectivity index (χ3v) is 3.24. The van der Waals surface area contributed by atoms with E-state index in [2.05, 4.69) is 26.6 Å². The predicted molar refractivity (Wildman–Crippen MR) is 79.2 cm³/mol. The molecular formula is C13H17BrN2O4. The van der Waals surface area contributed by atoms with Gasteiger partial charge in [-0.3, -0.25) is 0 Å². The first-order valence-corrected chi connectivity index (χ1v) is 6.91. The second-order valence-corrected chi connectivity index (χ2v) is 4.98. The minimum atomic E-state index is -1.05. The average molecular weight is 345 g/mol.